The van der Waals surface area contributed by atoms with Crippen LogP contribution in [0.4, 0.5) is 0 Å². The first-order valence-corrected chi connectivity index (χ1v) is 7.09. The third kappa shape index (κ3) is 3.88. The van der Waals surface area contributed by atoms with Gasteiger partial charge in [-0.2, -0.15) is 0 Å². The van der Waals surface area contributed by atoms with Gasteiger partial charge in [0.15, 0.2) is 5.82 Å². The summed E-state index contributed by atoms with van der Waals surface area (Å²) in [7, 11) is 2.17. The van der Waals surface area contributed by atoms with Crippen molar-refractivity contribution in [3.63, 3.8) is 0 Å². The highest BCUT2D eigenvalue weighted by Crippen LogP contribution is 2.14. The summed E-state index contributed by atoms with van der Waals surface area (Å²) >= 11 is 0. The smallest absolute Gasteiger partial charge is 0.165 e. The van der Waals surface area contributed by atoms with Gasteiger partial charge in [-0.15, -0.1) is 17.5 Å². The standard InChI is InChI=1S/C12H22N6O.ClH/c1-16-4-6-17(7-5-16)10-12-13-14-15-18(12)9-11-3-2-8-19-11;/h11H,2-10H2,1H3;1H. The largest absolute Gasteiger partial charge is 0.376 e. The lowest BCUT2D eigenvalue weighted by Gasteiger charge is -2.31. The van der Waals surface area contributed by atoms with Crippen LogP contribution in [-0.4, -0.2) is 75.9 Å². The zero-order valence-corrected chi connectivity index (χ0v) is 12.8. The molecule has 114 valence electrons. The quantitative estimate of drug-likeness (QED) is 0.782. The predicted molar refractivity (Wildman–Crippen MR) is 76.8 cm³/mol. The predicted octanol–water partition coefficient (Wildman–Crippen LogP) is 0.0213. The van der Waals surface area contributed by atoms with Crippen LogP contribution in [0, 0.1) is 0 Å². The molecule has 20 heavy (non-hydrogen) atoms. The molecule has 0 spiro atoms. The molecule has 8 heteroatoms. The van der Waals surface area contributed by atoms with E-state index in [4.69, 9.17) is 4.74 Å². The molecule has 2 saturated heterocycles. The van der Waals surface area contributed by atoms with Gasteiger partial charge >= 0.3 is 0 Å². The second kappa shape index (κ2) is 7.31. The van der Waals surface area contributed by atoms with Crippen LogP contribution in [-0.2, 0) is 17.8 Å². The molecule has 1 aromatic rings. The fourth-order valence-electron chi connectivity index (χ4n) is 2.67. The van der Waals surface area contributed by atoms with Crippen molar-refractivity contribution in [1.82, 2.24) is 30.0 Å². The van der Waals surface area contributed by atoms with Crippen LogP contribution < -0.4 is 0 Å². The van der Waals surface area contributed by atoms with Gasteiger partial charge in [0, 0.05) is 32.8 Å². The Labute approximate surface area is 125 Å². The van der Waals surface area contributed by atoms with E-state index in [1.165, 1.54) is 0 Å². The van der Waals surface area contributed by atoms with Gasteiger partial charge in [-0.25, -0.2) is 4.68 Å². The molecule has 0 bridgehead atoms. The van der Waals surface area contributed by atoms with Crippen LogP contribution in [0.2, 0.25) is 0 Å². The van der Waals surface area contributed by atoms with E-state index in [9.17, 15) is 0 Å². The second-order valence-corrected chi connectivity index (χ2v) is 5.49. The van der Waals surface area contributed by atoms with Gasteiger partial charge in [-0.1, -0.05) is 0 Å². The van der Waals surface area contributed by atoms with Gasteiger partial charge in [0.05, 0.1) is 19.2 Å². The van der Waals surface area contributed by atoms with Crippen LogP contribution >= 0.6 is 12.4 Å². The number of nitrogens with zero attached hydrogens (tertiary/aromatic N) is 6. The topological polar surface area (TPSA) is 59.3 Å². The van der Waals surface area contributed by atoms with Gasteiger partial charge < -0.3 is 9.64 Å². The van der Waals surface area contributed by atoms with Crippen molar-refractivity contribution in [3.05, 3.63) is 5.82 Å². The van der Waals surface area contributed by atoms with E-state index < -0.39 is 0 Å². The normalized spacial score (nSPS) is 24.8. The Bertz CT molecular complexity index is 400. The maximum atomic E-state index is 5.65. The molecule has 0 aromatic carbocycles. The van der Waals surface area contributed by atoms with Gasteiger partial charge in [-0.05, 0) is 30.3 Å². The number of likely N-dealkylation sites (N-methyl/N-ethyl adjacent to an activating group) is 1. The molecule has 1 atom stereocenters. The summed E-state index contributed by atoms with van der Waals surface area (Å²) in [6.07, 6.45) is 2.56. The van der Waals surface area contributed by atoms with E-state index in [2.05, 4.69) is 32.4 Å². The van der Waals surface area contributed by atoms with Crippen molar-refractivity contribution in [2.45, 2.75) is 32.0 Å². The van der Waals surface area contributed by atoms with Crippen molar-refractivity contribution >= 4 is 12.4 Å². The van der Waals surface area contributed by atoms with E-state index in [0.717, 1.165) is 64.5 Å². The number of ether oxygens (including phenoxy) is 1. The number of hydrogen-bond acceptors (Lipinski definition) is 6. The van der Waals surface area contributed by atoms with E-state index >= 15 is 0 Å². The molecule has 1 aromatic heterocycles. The minimum Gasteiger partial charge on any atom is -0.376 e. The molecule has 0 saturated carbocycles. The van der Waals surface area contributed by atoms with E-state index in [0.29, 0.717) is 0 Å². The fraction of sp³-hybridized carbons (Fsp3) is 0.917. The number of halogens is 1. The molecule has 0 amide bonds. The summed E-state index contributed by atoms with van der Waals surface area (Å²) in [4.78, 5) is 4.77. The average molecular weight is 303 g/mol. The van der Waals surface area contributed by atoms with Crippen molar-refractivity contribution in [2.75, 3.05) is 39.8 Å². The highest BCUT2D eigenvalue weighted by molar-refractivity contribution is 5.85. The van der Waals surface area contributed by atoms with E-state index in [1.54, 1.807) is 0 Å². The molecule has 2 aliphatic heterocycles. The average Bonchev–Trinajstić information content (AvgIpc) is 3.06. The monoisotopic (exact) mass is 302 g/mol. The number of piperazine rings is 1. The first kappa shape index (κ1) is 15.6. The fourth-order valence-corrected chi connectivity index (χ4v) is 2.67. The first-order chi connectivity index (χ1) is 9.31. The van der Waals surface area contributed by atoms with Gasteiger partial charge in [0.1, 0.15) is 0 Å². The Morgan fingerprint density at radius 3 is 2.75 bits per heavy atom. The Hall–Kier alpha value is -0.760. The van der Waals surface area contributed by atoms with Crippen LogP contribution in [0.15, 0.2) is 0 Å². The molecule has 2 aliphatic rings. The Morgan fingerprint density at radius 2 is 2.05 bits per heavy atom. The molecule has 1 unspecified atom stereocenters. The summed E-state index contributed by atoms with van der Waals surface area (Å²) in [5.74, 6) is 0.958. The highest BCUT2D eigenvalue weighted by Gasteiger charge is 2.21. The molecular formula is C12H23ClN6O. The number of tetrazole rings is 1. The third-order valence-corrected chi connectivity index (χ3v) is 3.97. The summed E-state index contributed by atoms with van der Waals surface area (Å²) in [6.45, 7) is 6.91. The number of hydrogen-bond donors (Lipinski definition) is 0. The summed E-state index contributed by atoms with van der Waals surface area (Å²) in [5.41, 5.74) is 0. The van der Waals surface area contributed by atoms with Crippen LogP contribution in [0.25, 0.3) is 0 Å². The molecule has 0 N–H and O–H groups in total. The third-order valence-electron chi connectivity index (χ3n) is 3.97. The summed E-state index contributed by atoms with van der Waals surface area (Å²) in [6, 6.07) is 0. The van der Waals surface area contributed by atoms with Crippen LogP contribution in [0.1, 0.15) is 18.7 Å². The summed E-state index contributed by atoms with van der Waals surface area (Å²) < 4.78 is 7.56. The van der Waals surface area contributed by atoms with Gasteiger partial charge in [0.25, 0.3) is 0 Å². The molecule has 0 radical (unpaired) electrons. The maximum Gasteiger partial charge on any atom is 0.165 e. The number of rotatable bonds is 4. The van der Waals surface area contributed by atoms with E-state index in [-0.39, 0.29) is 18.5 Å². The highest BCUT2D eigenvalue weighted by atomic mass is 35.5. The summed E-state index contributed by atoms with van der Waals surface area (Å²) in [5, 5.41) is 12.1. The van der Waals surface area contributed by atoms with Crippen molar-refractivity contribution in [1.29, 1.82) is 0 Å². The van der Waals surface area contributed by atoms with Gasteiger partial charge in [0.2, 0.25) is 0 Å². The van der Waals surface area contributed by atoms with E-state index in [1.807, 2.05) is 4.68 Å². The van der Waals surface area contributed by atoms with Crippen molar-refractivity contribution in [2.24, 2.45) is 0 Å². The zero-order chi connectivity index (χ0) is 13.1. The Balaban J connectivity index is 0.00000147. The second-order valence-electron chi connectivity index (χ2n) is 5.49. The lowest BCUT2D eigenvalue weighted by molar-refractivity contribution is 0.0904. The molecule has 2 fully saturated rings. The van der Waals surface area contributed by atoms with Crippen LogP contribution in [0.5, 0.6) is 0 Å². The molecule has 7 nitrogen and oxygen atoms in total. The lowest BCUT2D eigenvalue weighted by Crippen LogP contribution is -2.44. The SMILES string of the molecule is CN1CCN(Cc2nnnn2CC2CCCO2)CC1.Cl. The zero-order valence-electron chi connectivity index (χ0n) is 11.9. The van der Waals surface area contributed by atoms with Crippen molar-refractivity contribution in [3.8, 4) is 0 Å². The van der Waals surface area contributed by atoms with Crippen LogP contribution in [0.3, 0.4) is 0 Å². The maximum absolute atomic E-state index is 5.65. The minimum absolute atomic E-state index is 0. The van der Waals surface area contributed by atoms with Gasteiger partial charge in [-0.3, -0.25) is 4.90 Å². The number of aromatic nitrogens is 4. The minimum atomic E-state index is 0. The Morgan fingerprint density at radius 1 is 1.25 bits per heavy atom. The first-order valence-electron chi connectivity index (χ1n) is 7.09. The van der Waals surface area contributed by atoms with Crippen molar-refractivity contribution < 1.29 is 4.74 Å². The Kier molecular flexibility index (Phi) is 5.71. The molecular weight excluding hydrogens is 280 g/mol. The molecule has 3 rings (SSSR count). The molecule has 3 heterocycles. The molecule has 0 aliphatic carbocycles. The lowest BCUT2D eigenvalue weighted by atomic mass is 10.2.